The van der Waals surface area contributed by atoms with E-state index in [0.717, 1.165) is 18.4 Å². The maximum atomic E-state index is 3.49. The highest BCUT2D eigenvalue weighted by Gasteiger charge is 2.18. The third-order valence-corrected chi connectivity index (χ3v) is 3.22. The van der Waals surface area contributed by atoms with Crippen molar-refractivity contribution in [1.82, 2.24) is 5.32 Å². The first-order valence-corrected chi connectivity index (χ1v) is 6.15. The molecule has 1 N–H and O–H groups in total. The van der Waals surface area contributed by atoms with E-state index in [9.17, 15) is 0 Å². The molecule has 0 aliphatic heterocycles. The van der Waals surface area contributed by atoms with Crippen LogP contribution in [0.25, 0.3) is 0 Å². The lowest BCUT2D eigenvalue weighted by Crippen LogP contribution is -2.28. The maximum absolute atomic E-state index is 3.49. The van der Waals surface area contributed by atoms with Gasteiger partial charge in [-0.25, -0.2) is 0 Å². The van der Waals surface area contributed by atoms with Gasteiger partial charge in [0, 0.05) is 6.54 Å². The van der Waals surface area contributed by atoms with Crippen molar-refractivity contribution in [3.63, 3.8) is 0 Å². The van der Waals surface area contributed by atoms with Gasteiger partial charge in [0.2, 0.25) is 0 Å². The van der Waals surface area contributed by atoms with Gasteiger partial charge in [0.15, 0.2) is 0 Å². The zero-order valence-electron chi connectivity index (χ0n) is 9.97. The minimum Gasteiger partial charge on any atom is -0.316 e. The average Bonchev–Trinajstić information content (AvgIpc) is 2.19. The van der Waals surface area contributed by atoms with Gasteiger partial charge in [-0.05, 0) is 44.1 Å². The predicted molar refractivity (Wildman–Crippen MR) is 63.4 cm³/mol. The van der Waals surface area contributed by atoms with Crippen molar-refractivity contribution in [3.05, 3.63) is 11.6 Å². The van der Waals surface area contributed by atoms with Crippen LogP contribution in [0.1, 0.15) is 46.5 Å². The fraction of sp³-hybridized carbons (Fsp3) is 0.846. The summed E-state index contributed by atoms with van der Waals surface area (Å²) in [4.78, 5) is 0. The van der Waals surface area contributed by atoms with E-state index in [1.165, 1.54) is 32.2 Å². The van der Waals surface area contributed by atoms with Crippen molar-refractivity contribution < 1.29 is 0 Å². The van der Waals surface area contributed by atoms with Crippen LogP contribution < -0.4 is 5.32 Å². The Morgan fingerprint density at radius 2 is 2.14 bits per heavy atom. The molecule has 0 spiro atoms. The number of hydrogen-bond acceptors (Lipinski definition) is 1. The summed E-state index contributed by atoms with van der Waals surface area (Å²) >= 11 is 0. The van der Waals surface area contributed by atoms with E-state index in [2.05, 4.69) is 32.2 Å². The summed E-state index contributed by atoms with van der Waals surface area (Å²) in [5.74, 6) is 1.55. The number of nitrogens with one attached hydrogen (secondary N) is 1. The zero-order chi connectivity index (χ0) is 10.4. The smallest absolute Gasteiger partial charge is 0.00192 e. The third-order valence-electron chi connectivity index (χ3n) is 3.22. The molecule has 0 amide bonds. The second kappa shape index (κ2) is 6.23. The topological polar surface area (TPSA) is 12.0 Å². The van der Waals surface area contributed by atoms with Crippen molar-refractivity contribution >= 4 is 0 Å². The Balaban J connectivity index is 2.52. The molecule has 0 heterocycles. The van der Waals surface area contributed by atoms with Crippen LogP contribution in [0.15, 0.2) is 11.6 Å². The Morgan fingerprint density at radius 1 is 1.36 bits per heavy atom. The SMILES string of the molecule is CCNCC(C1=CCCCC1)C(C)C. The molecule has 0 saturated heterocycles. The fourth-order valence-corrected chi connectivity index (χ4v) is 2.29. The van der Waals surface area contributed by atoms with Crippen molar-refractivity contribution in [2.24, 2.45) is 11.8 Å². The van der Waals surface area contributed by atoms with Crippen molar-refractivity contribution in [2.75, 3.05) is 13.1 Å². The summed E-state index contributed by atoms with van der Waals surface area (Å²) < 4.78 is 0. The van der Waals surface area contributed by atoms with Crippen LogP contribution >= 0.6 is 0 Å². The summed E-state index contributed by atoms with van der Waals surface area (Å²) in [6.07, 6.45) is 7.95. The molecule has 0 saturated carbocycles. The van der Waals surface area contributed by atoms with Crippen LogP contribution in [0, 0.1) is 11.8 Å². The first-order valence-electron chi connectivity index (χ1n) is 6.15. The standard InChI is InChI=1S/C13H25N/c1-4-14-10-13(11(2)3)12-8-6-5-7-9-12/h8,11,13-14H,4-7,9-10H2,1-3H3. The third kappa shape index (κ3) is 3.45. The van der Waals surface area contributed by atoms with E-state index in [-0.39, 0.29) is 0 Å². The summed E-state index contributed by atoms with van der Waals surface area (Å²) in [5.41, 5.74) is 1.72. The van der Waals surface area contributed by atoms with Gasteiger partial charge >= 0.3 is 0 Å². The van der Waals surface area contributed by atoms with Crippen LogP contribution in [-0.2, 0) is 0 Å². The lowest BCUT2D eigenvalue weighted by Gasteiger charge is -2.26. The van der Waals surface area contributed by atoms with Crippen molar-refractivity contribution in [1.29, 1.82) is 0 Å². The number of rotatable bonds is 5. The molecular formula is C13H25N. The van der Waals surface area contributed by atoms with E-state index in [4.69, 9.17) is 0 Å². The Labute approximate surface area is 89.0 Å². The van der Waals surface area contributed by atoms with Gasteiger partial charge in [-0.15, -0.1) is 0 Å². The molecule has 1 heteroatoms. The molecule has 1 aliphatic rings. The van der Waals surface area contributed by atoms with Gasteiger partial charge in [0.05, 0.1) is 0 Å². The highest BCUT2D eigenvalue weighted by Crippen LogP contribution is 2.28. The average molecular weight is 195 g/mol. The molecule has 1 aliphatic carbocycles. The zero-order valence-corrected chi connectivity index (χ0v) is 9.97. The highest BCUT2D eigenvalue weighted by atomic mass is 14.8. The van der Waals surface area contributed by atoms with Crippen LogP contribution in [0.4, 0.5) is 0 Å². The molecule has 0 bridgehead atoms. The van der Waals surface area contributed by atoms with Gasteiger partial charge in [-0.2, -0.15) is 0 Å². The summed E-state index contributed by atoms with van der Waals surface area (Å²) in [7, 11) is 0. The van der Waals surface area contributed by atoms with Crippen molar-refractivity contribution in [2.45, 2.75) is 46.5 Å². The normalized spacial score (nSPS) is 19.6. The van der Waals surface area contributed by atoms with E-state index < -0.39 is 0 Å². The Morgan fingerprint density at radius 3 is 2.64 bits per heavy atom. The minimum atomic E-state index is 0.773. The van der Waals surface area contributed by atoms with Gasteiger partial charge in [-0.3, -0.25) is 0 Å². The largest absolute Gasteiger partial charge is 0.316 e. The lowest BCUT2D eigenvalue weighted by atomic mass is 9.82. The molecule has 0 aromatic heterocycles. The lowest BCUT2D eigenvalue weighted by molar-refractivity contribution is 0.399. The number of hydrogen-bond donors (Lipinski definition) is 1. The second-order valence-corrected chi connectivity index (χ2v) is 4.68. The molecule has 0 radical (unpaired) electrons. The van der Waals surface area contributed by atoms with Crippen molar-refractivity contribution in [3.8, 4) is 0 Å². The molecule has 1 atom stereocenters. The molecular weight excluding hydrogens is 170 g/mol. The first kappa shape index (κ1) is 11.8. The fourth-order valence-electron chi connectivity index (χ4n) is 2.29. The van der Waals surface area contributed by atoms with E-state index in [0.29, 0.717) is 0 Å². The molecule has 0 aromatic rings. The monoisotopic (exact) mass is 195 g/mol. The molecule has 1 nitrogen and oxygen atoms in total. The first-order chi connectivity index (χ1) is 6.75. The van der Waals surface area contributed by atoms with Gasteiger partial charge in [-0.1, -0.05) is 32.4 Å². The molecule has 14 heavy (non-hydrogen) atoms. The number of allylic oxidation sites excluding steroid dienone is 1. The van der Waals surface area contributed by atoms with E-state index >= 15 is 0 Å². The van der Waals surface area contributed by atoms with Crippen LogP contribution in [0.5, 0.6) is 0 Å². The van der Waals surface area contributed by atoms with E-state index in [1.54, 1.807) is 5.57 Å². The predicted octanol–water partition coefficient (Wildman–Crippen LogP) is 3.37. The second-order valence-electron chi connectivity index (χ2n) is 4.68. The molecule has 1 unspecified atom stereocenters. The Kier molecular flexibility index (Phi) is 5.24. The molecule has 0 fully saturated rings. The van der Waals surface area contributed by atoms with Gasteiger partial charge in [0.25, 0.3) is 0 Å². The van der Waals surface area contributed by atoms with Crippen LogP contribution in [-0.4, -0.2) is 13.1 Å². The van der Waals surface area contributed by atoms with E-state index in [1.807, 2.05) is 0 Å². The molecule has 0 aromatic carbocycles. The molecule has 1 rings (SSSR count). The van der Waals surface area contributed by atoms with Gasteiger partial charge < -0.3 is 5.32 Å². The maximum Gasteiger partial charge on any atom is 0.00192 e. The quantitative estimate of drug-likeness (QED) is 0.663. The highest BCUT2D eigenvalue weighted by molar-refractivity contribution is 5.10. The van der Waals surface area contributed by atoms with Crippen LogP contribution in [0.3, 0.4) is 0 Å². The summed E-state index contributed by atoms with van der Waals surface area (Å²) in [6.45, 7) is 9.14. The van der Waals surface area contributed by atoms with Crippen LogP contribution in [0.2, 0.25) is 0 Å². The van der Waals surface area contributed by atoms with Gasteiger partial charge in [0.1, 0.15) is 0 Å². The summed E-state index contributed by atoms with van der Waals surface area (Å²) in [5, 5.41) is 3.49. The summed E-state index contributed by atoms with van der Waals surface area (Å²) in [6, 6.07) is 0. The minimum absolute atomic E-state index is 0.773. The Hall–Kier alpha value is -0.300. The Bertz CT molecular complexity index is 182. The molecule has 82 valence electrons.